The van der Waals surface area contributed by atoms with Crippen molar-refractivity contribution >= 4 is 23.1 Å². The van der Waals surface area contributed by atoms with Crippen LogP contribution in [0.4, 0.5) is 4.39 Å². The fraction of sp³-hybridized carbons (Fsp3) is 0. The van der Waals surface area contributed by atoms with Crippen LogP contribution >= 0.6 is 12.2 Å². The summed E-state index contributed by atoms with van der Waals surface area (Å²) in [6.07, 6.45) is 0. The van der Waals surface area contributed by atoms with Crippen LogP contribution in [0.3, 0.4) is 0 Å². The number of fused-ring (bicyclic) bond motifs is 1. The Labute approximate surface area is 94.1 Å². The molecule has 0 atom stereocenters. The molecule has 0 aliphatic rings. The highest BCUT2D eigenvalue weighted by Crippen LogP contribution is 2.24. The number of rotatable bonds is 1. The quantitative estimate of drug-likeness (QED) is 0.637. The minimum Gasteiger partial charge on any atom is -0.408 e. The van der Waals surface area contributed by atoms with Crippen LogP contribution in [0.15, 0.2) is 28.7 Å². The van der Waals surface area contributed by atoms with Gasteiger partial charge in [-0.1, -0.05) is 6.07 Å². The standard InChI is InChI=1S/C10H6FN3OS/c11-6-2-1-3-7-5(6)4-8(12-7)9-13-14-10(16)15-9/h1-4,12H,(H,14,16). The summed E-state index contributed by atoms with van der Waals surface area (Å²) in [5.74, 6) is 0.0368. The number of aromatic nitrogens is 3. The normalized spacial score (nSPS) is 11.1. The zero-order chi connectivity index (χ0) is 11.1. The van der Waals surface area contributed by atoms with Crippen LogP contribution in [0, 0.1) is 10.7 Å². The summed E-state index contributed by atoms with van der Waals surface area (Å²) in [5, 5.41) is 6.87. The molecule has 0 aliphatic heterocycles. The molecule has 0 saturated carbocycles. The molecular weight excluding hydrogens is 229 g/mol. The van der Waals surface area contributed by atoms with Gasteiger partial charge in [0.15, 0.2) is 0 Å². The Kier molecular flexibility index (Phi) is 1.90. The Hall–Kier alpha value is -1.95. The van der Waals surface area contributed by atoms with Crippen LogP contribution in [-0.4, -0.2) is 15.2 Å². The molecule has 2 N–H and O–H groups in total. The van der Waals surface area contributed by atoms with Gasteiger partial charge in [0.05, 0.1) is 0 Å². The van der Waals surface area contributed by atoms with Crippen LogP contribution < -0.4 is 0 Å². The molecule has 0 saturated heterocycles. The Balaban J connectivity index is 2.26. The van der Waals surface area contributed by atoms with Crippen LogP contribution in [0.5, 0.6) is 0 Å². The van der Waals surface area contributed by atoms with Gasteiger partial charge in [-0.25, -0.2) is 9.49 Å². The topological polar surface area (TPSA) is 57.6 Å². The molecule has 0 fully saturated rings. The van der Waals surface area contributed by atoms with Crippen molar-refractivity contribution in [2.24, 2.45) is 0 Å². The fourth-order valence-electron chi connectivity index (χ4n) is 1.58. The molecule has 2 aromatic heterocycles. The number of hydrogen-bond acceptors (Lipinski definition) is 3. The van der Waals surface area contributed by atoms with Gasteiger partial charge < -0.3 is 9.40 Å². The van der Waals surface area contributed by atoms with Crippen molar-refractivity contribution in [2.45, 2.75) is 0 Å². The first-order valence-corrected chi connectivity index (χ1v) is 4.98. The van der Waals surface area contributed by atoms with E-state index in [2.05, 4.69) is 15.2 Å². The lowest BCUT2D eigenvalue weighted by Crippen LogP contribution is -1.75. The van der Waals surface area contributed by atoms with Crippen LogP contribution in [0.2, 0.25) is 0 Å². The number of hydrogen-bond donors (Lipinski definition) is 2. The van der Waals surface area contributed by atoms with Gasteiger partial charge in [-0.05, 0) is 30.4 Å². The molecule has 16 heavy (non-hydrogen) atoms. The maximum absolute atomic E-state index is 13.4. The third-order valence-corrected chi connectivity index (χ3v) is 2.45. The average molecular weight is 235 g/mol. The molecular formula is C10H6FN3OS. The van der Waals surface area contributed by atoms with E-state index in [-0.39, 0.29) is 10.7 Å². The van der Waals surface area contributed by atoms with E-state index in [1.807, 2.05) is 0 Å². The van der Waals surface area contributed by atoms with E-state index in [9.17, 15) is 4.39 Å². The molecule has 4 nitrogen and oxygen atoms in total. The Morgan fingerprint density at radius 3 is 2.94 bits per heavy atom. The van der Waals surface area contributed by atoms with E-state index in [0.717, 1.165) is 0 Å². The van der Waals surface area contributed by atoms with Crippen molar-refractivity contribution in [1.29, 1.82) is 0 Å². The Morgan fingerprint density at radius 2 is 2.25 bits per heavy atom. The highest BCUT2D eigenvalue weighted by atomic mass is 32.1. The van der Waals surface area contributed by atoms with E-state index in [4.69, 9.17) is 16.6 Å². The molecule has 2 heterocycles. The molecule has 1 aromatic carbocycles. The summed E-state index contributed by atoms with van der Waals surface area (Å²) in [5.41, 5.74) is 1.28. The van der Waals surface area contributed by atoms with Crippen molar-refractivity contribution in [3.8, 4) is 11.6 Å². The monoisotopic (exact) mass is 235 g/mol. The predicted molar refractivity (Wildman–Crippen MR) is 58.9 cm³/mol. The lowest BCUT2D eigenvalue weighted by molar-refractivity contribution is 0.550. The number of nitrogens with zero attached hydrogens (tertiary/aromatic N) is 1. The largest absolute Gasteiger partial charge is 0.408 e. The summed E-state index contributed by atoms with van der Waals surface area (Å²) < 4.78 is 18.6. The summed E-state index contributed by atoms with van der Waals surface area (Å²) >= 11 is 4.77. The predicted octanol–water partition coefficient (Wildman–Crippen LogP) is 3.02. The summed E-state index contributed by atoms with van der Waals surface area (Å²) in [7, 11) is 0. The lowest BCUT2D eigenvalue weighted by atomic mass is 10.2. The molecule has 0 spiro atoms. The van der Waals surface area contributed by atoms with Gasteiger partial charge in [0, 0.05) is 10.9 Å². The molecule has 3 aromatic rings. The number of nitrogens with one attached hydrogen (secondary N) is 2. The second-order valence-electron chi connectivity index (χ2n) is 3.30. The van der Waals surface area contributed by atoms with E-state index in [1.165, 1.54) is 6.07 Å². The molecule has 0 unspecified atom stereocenters. The SMILES string of the molecule is Fc1cccc2[nH]c(-c3n[nH]c(=S)o3)cc12. The summed E-state index contributed by atoms with van der Waals surface area (Å²) in [6.45, 7) is 0. The molecule has 0 radical (unpaired) electrons. The summed E-state index contributed by atoms with van der Waals surface area (Å²) in [6, 6.07) is 6.46. The number of H-pyrrole nitrogens is 2. The fourth-order valence-corrected chi connectivity index (χ4v) is 1.70. The van der Waals surface area contributed by atoms with E-state index in [0.29, 0.717) is 22.5 Å². The lowest BCUT2D eigenvalue weighted by Gasteiger charge is -1.88. The second-order valence-corrected chi connectivity index (χ2v) is 3.67. The van der Waals surface area contributed by atoms with Gasteiger partial charge in [-0.2, -0.15) is 0 Å². The van der Waals surface area contributed by atoms with Gasteiger partial charge in [0.25, 0.3) is 10.7 Å². The maximum Gasteiger partial charge on any atom is 0.284 e. The number of aromatic amines is 2. The highest BCUT2D eigenvalue weighted by Gasteiger charge is 2.10. The van der Waals surface area contributed by atoms with Crippen LogP contribution in [-0.2, 0) is 0 Å². The van der Waals surface area contributed by atoms with Gasteiger partial charge in [0.2, 0.25) is 0 Å². The summed E-state index contributed by atoms with van der Waals surface area (Å²) in [4.78, 5) is 3.19. The van der Waals surface area contributed by atoms with Gasteiger partial charge in [0.1, 0.15) is 11.5 Å². The molecule has 0 bridgehead atoms. The molecule has 0 amide bonds. The first kappa shape index (κ1) is 9.29. The molecule has 6 heteroatoms. The van der Waals surface area contributed by atoms with Crippen LogP contribution in [0.1, 0.15) is 0 Å². The Morgan fingerprint density at radius 1 is 1.38 bits per heavy atom. The van der Waals surface area contributed by atoms with Gasteiger partial charge in [-0.15, -0.1) is 5.10 Å². The second kappa shape index (κ2) is 3.28. The van der Waals surface area contributed by atoms with Crippen molar-refractivity contribution in [3.63, 3.8) is 0 Å². The van der Waals surface area contributed by atoms with E-state index < -0.39 is 0 Å². The zero-order valence-electron chi connectivity index (χ0n) is 7.95. The first-order chi connectivity index (χ1) is 7.74. The minimum atomic E-state index is -0.283. The van der Waals surface area contributed by atoms with Crippen molar-refractivity contribution in [1.82, 2.24) is 15.2 Å². The molecule has 3 rings (SSSR count). The third kappa shape index (κ3) is 1.35. The van der Waals surface area contributed by atoms with Crippen molar-refractivity contribution < 1.29 is 8.81 Å². The Bertz CT molecular complexity index is 712. The number of halogens is 1. The molecule has 80 valence electrons. The number of benzene rings is 1. The van der Waals surface area contributed by atoms with Gasteiger partial charge >= 0.3 is 0 Å². The van der Waals surface area contributed by atoms with E-state index >= 15 is 0 Å². The zero-order valence-corrected chi connectivity index (χ0v) is 8.77. The first-order valence-electron chi connectivity index (χ1n) is 4.57. The minimum absolute atomic E-state index is 0.189. The van der Waals surface area contributed by atoms with Crippen molar-refractivity contribution in [3.05, 3.63) is 34.9 Å². The average Bonchev–Trinajstić information content (AvgIpc) is 2.84. The maximum atomic E-state index is 13.4. The van der Waals surface area contributed by atoms with E-state index in [1.54, 1.807) is 18.2 Å². The smallest absolute Gasteiger partial charge is 0.284 e. The van der Waals surface area contributed by atoms with Gasteiger partial charge in [-0.3, -0.25) is 0 Å². The third-order valence-electron chi connectivity index (χ3n) is 2.28. The van der Waals surface area contributed by atoms with Crippen LogP contribution in [0.25, 0.3) is 22.5 Å². The van der Waals surface area contributed by atoms with Crippen molar-refractivity contribution in [2.75, 3.05) is 0 Å². The highest BCUT2D eigenvalue weighted by molar-refractivity contribution is 7.71. The molecule has 0 aliphatic carbocycles.